The van der Waals surface area contributed by atoms with Crippen LogP contribution in [0.1, 0.15) is 28.4 Å². The van der Waals surface area contributed by atoms with Crippen molar-refractivity contribution in [2.24, 2.45) is 4.99 Å². The van der Waals surface area contributed by atoms with Gasteiger partial charge in [-0.15, -0.1) is 0 Å². The Morgan fingerprint density at radius 3 is 2.37 bits per heavy atom. The minimum absolute atomic E-state index is 0.117. The summed E-state index contributed by atoms with van der Waals surface area (Å²) in [6, 6.07) is 12.0. The number of nitrogens with one attached hydrogen (secondary N) is 2. The molecule has 3 rings (SSSR count). The number of guanidine groups is 1. The van der Waals surface area contributed by atoms with Gasteiger partial charge in [0, 0.05) is 16.1 Å². The summed E-state index contributed by atoms with van der Waals surface area (Å²) in [5.74, 6) is 0.453. The molecule has 2 N–H and O–H groups in total. The molecule has 8 heteroatoms. The first-order valence-electron chi connectivity index (χ1n) is 8.16. The molecule has 0 saturated heterocycles. The highest BCUT2D eigenvalue weighted by Crippen LogP contribution is 2.25. The summed E-state index contributed by atoms with van der Waals surface area (Å²) in [6.07, 6.45) is 0.216. The van der Waals surface area contributed by atoms with E-state index >= 15 is 0 Å². The number of carbonyl (C=O) groups is 2. The number of hydrogen-bond donors (Lipinski definition) is 2. The molecule has 140 valence electrons. The monoisotopic (exact) mass is 431 g/mol. The van der Waals surface area contributed by atoms with E-state index in [2.05, 4.69) is 31.6 Å². The molecule has 27 heavy (non-hydrogen) atoms. The summed E-state index contributed by atoms with van der Waals surface area (Å²) >= 11 is 3.38. The number of amides is 2. The van der Waals surface area contributed by atoms with Crippen LogP contribution in [0.3, 0.4) is 0 Å². The van der Waals surface area contributed by atoms with Crippen molar-refractivity contribution in [3.05, 3.63) is 58.1 Å². The molecule has 0 fully saturated rings. The van der Waals surface area contributed by atoms with Gasteiger partial charge in [0.05, 0.1) is 26.7 Å². The molecule has 7 nitrogen and oxygen atoms in total. The molecule has 1 atom stereocenters. The van der Waals surface area contributed by atoms with E-state index in [0.29, 0.717) is 17.1 Å². The van der Waals surface area contributed by atoms with E-state index in [-0.39, 0.29) is 24.3 Å². The predicted octanol–water partition coefficient (Wildman–Crippen LogP) is 2.81. The second kappa shape index (κ2) is 8.22. The fourth-order valence-corrected chi connectivity index (χ4v) is 2.92. The minimum atomic E-state index is -0.428. The van der Waals surface area contributed by atoms with Crippen molar-refractivity contribution in [3.63, 3.8) is 0 Å². The Balaban J connectivity index is 1.82. The predicted molar refractivity (Wildman–Crippen MR) is 104 cm³/mol. The molecule has 2 amide bonds. The SMILES string of the molecule is COc1cc(OC)cc(C(=O)NC2=N[C@H](c3ccc(Br)cc3)CC(=O)N2)c1. The van der Waals surface area contributed by atoms with E-state index < -0.39 is 5.91 Å². The smallest absolute Gasteiger partial charge is 0.258 e. The zero-order chi connectivity index (χ0) is 19.4. The molecule has 0 bridgehead atoms. The van der Waals surface area contributed by atoms with Crippen LogP contribution in [-0.4, -0.2) is 32.0 Å². The quantitative estimate of drug-likeness (QED) is 0.778. The van der Waals surface area contributed by atoms with Gasteiger partial charge in [-0.1, -0.05) is 28.1 Å². The summed E-state index contributed by atoms with van der Waals surface area (Å²) in [5.41, 5.74) is 1.22. The van der Waals surface area contributed by atoms with Gasteiger partial charge in [-0.3, -0.25) is 20.2 Å². The van der Waals surface area contributed by atoms with E-state index in [9.17, 15) is 9.59 Å². The number of rotatable bonds is 4. The van der Waals surface area contributed by atoms with Crippen LogP contribution in [0.15, 0.2) is 51.9 Å². The topological polar surface area (TPSA) is 89.0 Å². The van der Waals surface area contributed by atoms with Crippen molar-refractivity contribution in [1.82, 2.24) is 10.6 Å². The number of benzene rings is 2. The van der Waals surface area contributed by atoms with E-state index in [4.69, 9.17) is 9.47 Å². The standard InChI is InChI=1S/C19H18BrN3O4/c1-26-14-7-12(8-15(9-14)27-2)18(25)23-19-21-16(10-17(24)22-19)11-3-5-13(20)6-4-11/h3-9,16H,10H2,1-2H3,(H2,21,22,23,24,25)/t16-/m0/s1. The third kappa shape index (κ3) is 4.65. The summed E-state index contributed by atoms with van der Waals surface area (Å²) < 4.78 is 11.3. The molecule has 1 aliphatic rings. The highest BCUT2D eigenvalue weighted by atomic mass is 79.9. The fraction of sp³-hybridized carbons (Fsp3) is 0.211. The van der Waals surface area contributed by atoms with E-state index in [0.717, 1.165) is 10.0 Å². The average molecular weight is 432 g/mol. The lowest BCUT2D eigenvalue weighted by Crippen LogP contribution is -2.47. The fourth-order valence-electron chi connectivity index (χ4n) is 2.65. The minimum Gasteiger partial charge on any atom is -0.497 e. The summed E-state index contributed by atoms with van der Waals surface area (Å²) in [7, 11) is 3.01. The molecule has 2 aromatic carbocycles. The second-order valence-corrected chi connectivity index (χ2v) is 6.77. The molecule has 0 unspecified atom stereocenters. The summed E-state index contributed by atoms with van der Waals surface area (Å²) in [5, 5.41) is 5.23. The molecule has 0 aromatic heterocycles. The first kappa shape index (κ1) is 18.9. The lowest BCUT2D eigenvalue weighted by Gasteiger charge is -2.21. The third-order valence-corrected chi connectivity index (χ3v) is 4.55. The van der Waals surface area contributed by atoms with Gasteiger partial charge in [0.1, 0.15) is 11.5 Å². The number of methoxy groups -OCH3 is 2. The van der Waals surface area contributed by atoms with E-state index in [1.165, 1.54) is 14.2 Å². The van der Waals surface area contributed by atoms with Crippen LogP contribution < -0.4 is 20.1 Å². The molecular formula is C19H18BrN3O4. The number of aliphatic imine (C=N–C) groups is 1. The Bertz CT molecular complexity index is 874. The zero-order valence-corrected chi connectivity index (χ0v) is 16.4. The van der Waals surface area contributed by atoms with Crippen LogP contribution >= 0.6 is 15.9 Å². The first-order valence-corrected chi connectivity index (χ1v) is 8.95. The highest BCUT2D eigenvalue weighted by Gasteiger charge is 2.24. The van der Waals surface area contributed by atoms with Crippen molar-refractivity contribution in [3.8, 4) is 11.5 Å². The van der Waals surface area contributed by atoms with Crippen molar-refractivity contribution in [2.75, 3.05) is 14.2 Å². The van der Waals surface area contributed by atoms with Gasteiger partial charge < -0.3 is 9.47 Å². The van der Waals surface area contributed by atoms with E-state index in [1.54, 1.807) is 18.2 Å². The van der Waals surface area contributed by atoms with Gasteiger partial charge in [-0.05, 0) is 29.8 Å². The van der Waals surface area contributed by atoms with Gasteiger partial charge >= 0.3 is 0 Å². The maximum Gasteiger partial charge on any atom is 0.258 e. The van der Waals surface area contributed by atoms with Crippen molar-refractivity contribution < 1.29 is 19.1 Å². The Hall–Kier alpha value is -2.87. The lowest BCUT2D eigenvalue weighted by atomic mass is 10.0. The zero-order valence-electron chi connectivity index (χ0n) is 14.8. The van der Waals surface area contributed by atoms with Gasteiger partial charge in [-0.25, -0.2) is 4.99 Å². The Labute approximate surface area is 164 Å². The molecule has 1 aliphatic heterocycles. The molecule has 2 aromatic rings. The van der Waals surface area contributed by atoms with Crippen LogP contribution in [0.5, 0.6) is 11.5 Å². The second-order valence-electron chi connectivity index (χ2n) is 5.85. The molecule has 0 saturated carbocycles. The molecule has 0 aliphatic carbocycles. The molecule has 0 spiro atoms. The van der Waals surface area contributed by atoms with Crippen LogP contribution in [0.4, 0.5) is 0 Å². The van der Waals surface area contributed by atoms with Gasteiger partial charge in [-0.2, -0.15) is 0 Å². The Morgan fingerprint density at radius 1 is 1.15 bits per heavy atom. The third-order valence-electron chi connectivity index (χ3n) is 4.02. The lowest BCUT2D eigenvalue weighted by molar-refractivity contribution is -0.120. The number of halogens is 1. The van der Waals surface area contributed by atoms with Gasteiger partial charge in [0.25, 0.3) is 5.91 Å². The maximum absolute atomic E-state index is 12.6. The molecule has 0 radical (unpaired) electrons. The maximum atomic E-state index is 12.6. The number of ether oxygens (including phenoxy) is 2. The van der Waals surface area contributed by atoms with Crippen molar-refractivity contribution >= 4 is 33.7 Å². The van der Waals surface area contributed by atoms with Crippen LogP contribution in [-0.2, 0) is 4.79 Å². The summed E-state index contributed by atoms with van der Waals surface area (Å²) in [4.78, 5) is 29.1. The number of carbonyl (C=O) groups excluding carboxylic acids is 2. The highest BCUT2D eigenvalue weighted by molar-refractivity contribution is 9.10. The Morgan fingerprint density at radius 2 is 1.78 bits per heavy atom. The number of hydrogen-bond acceptors (Lipinski definition) is 5. The molecule has 1 heterocycles. The van der Waals surface area contributed by atoms with E-state index in [1.807, 2.05) is 24.3 Å². The van der Waals surface area contributed by atoms with Crippen molar-refractivity contribution in [2.45, 2.75) is 12.5 Å². The number of nitrogens with zero attached hydrogens (tertiary/aromatic N) is 1. The first-order chi connectivity index (χ1) is 13.0. The molecular weight excluding hydrogens is 414 g/mol. The van der Waals surface area contributed by atoms with Crippen LogP contribution in [0, 0.1) is 0 Å². The largest absolute Gasteiger partial charge is 0.497 e. The van der Waals surface area contributed by atoms with Gasteiger partial charge in [0.15, 0.2) is 0 Å². The van der Waals surface area contributed by atoms with Crippen LogP contribution in [0.25, 0.3) is 0 Å². The van der Waals surface area contributed by atoms with Crippen molar-refractivity contribution in [1.29, 1.82) is 0 Å². The average Bonchev–Trinajstić information content (AvgIpc) is 2.67. The van der Waals surface area contributed by atoms with Crippen LogP contribution in [0.2, 0.25) is 0 Å². The normalized spacial score (nSPS) is 16.2. The van der Waals surface area contributed by atoms with Gasteiger partial charge in [0.2, 0.25) is 11.9 Å². The Kier molecular flexibility index (Phi) is 5.75. The summed E-state index contributed by atoms with van der Waals surface area (Å²) in [6.45, 7) is 0.